The van der Waals surface area contributed by atoms with E-state index in [2.05, 4.69) is 5.16 Å². The zero-order valence-electron chi connectivity index (χ0n) is 10.9. The fourth-order valence-corrected chi connectivity index (χ4v) is 1.60. The second-order valence-electron chi connectivity index (χ2n) is 4.34. The van der Waals surface area contributed by atoms with Crippen LogP contribution in [-0.2, 0) is 0 Å². The molecule has 0 radical (unpaired) electrons. The van der Waals surface area contributed by atoms with E-state index < -0.39 is 5.82 Å². The first kappa shape index (κ1) is 14.2. The monoisotopic (exact) mass is 254 g/mol. The highest BCUT2D eigenvalue weighted by atomic mass is 19.1. The lowest BCUT2D eigenvalue weighted by atomic mass is 10.1. The molecule has 1 aromatic rings. The van der Waals surface area contributed by atoms with Crippen molar-refractivity contribution < 1.29 is 9.60 Å². The maximum atomic E-state index is 13.7. The fourth-order valence-electron chi connectivity index (χ4n) is 1.60. The van der Waals surface area contributed by atoms with Crippen LogP contribution in [0.2, 0.25) is 0 Å². The predicted octanol–water partition coefficient (Wildman–Crippen LogP) is 0.918. The number of nitrogens with two attached hydrogens (primary N) is 1. The van der Waals surface area contributed by atoms with Gasteiger partial charge in [0.05, 0.1) is 11.3 Å². The molecule has 0 aromatic heterocycles. The van der Waals surface area contributed by atoms with Gasteiger partial charge in [-0.15, -0.1) is 0 Å². The molecule has 0 aliphatic rings. The first-order valence-corrected chi connectivity index (χ1v) is 5.59. The highest BCUT2D eigenvalue weighted by Gasteiger charge is 2.15. The SMILES string of the molecule is CN(C)CCN(C)c1cccc(F)c1C(N)=NO. The summed E-state index contributed by atoms with van der Waals surface area (Å²) in [6.45, 7) is 1.53. The number of oxime groups is 1. The van der Waals surface area contributed by atoms with Crippen molar-refractivity contribution in [1.29, 1.82) is 0 Å². The molecule has 0 spiro atoms. The number of nitrogens with zero attached hydrogens (tertiary/aromatic N) is 3. The summed E-state index contributed by atoms with van der Waals surface area (Å²) in [6, 6.07) is 4.63. The summed E-state index contributed by atoms with van der Waals surface area (Å²) in [6.07, 6.45) is 0. The molecule has 0 fully saturated rings. The minimum Gasteiger partial charge on any atom is -0.409 e. The van der Waals surface area contributed by atoms with Crippen molar-refractivity contribution in [1.82, 2.24) is 4.90 Å². The molecule has 3 N–H and O–H groups in total. The predicted molar refractivity (Wildman–Crippen MR) is 70.7 cm³/mol. The van der Waals surface area contributed by atoms with Crippen LogP contribution in [0.15, 0.2) is 23.4 Å². The topological polar surface area (TPSA) is 65.1 Å². The van der Waals surface area contributed by atoms with Crippen LogP contribution in [-0.4, -0.2) is 50.2 Å². The first-order valence-electron chi connectivity index (χ1n) is 5.59. The van der Waals surface area contributed by atoms with Gasteiger partial charge in [-0.05, 0) is 26.2 Å². The van der Waals surface area contributed by atoms with Gasteiger partial charge in [-0.1, -0.05) is 11.2 Å². The Morgan fingerprint density at radius 2 is 2.00 bits per heavy atom. The molecule has 0 saturated heterocycles. The third-order valence-electron chi connectivity index (χ3n) is 2.65. The van der Waals surface area contributed by atoms with Crippen LogP contribution in [0.3, 0.4) is 0 Å². The number of benzene rings is 1. The number of likely N-dealkylation sites (N-methyl/N-ethyl adjacent to an activating group) is 2. The van der Waals surface area contributed by atoms with E-state index in [1.54, 1.807) is 12.1 Å². The molecule has 0 saturated carbocycles. The average molecular weight is 254 g/mol. The third-order valence-corrected chi connectivity index (χ3v) is 2.65. The number of amidine groups is 1. The highest BCUT2D eigenvalue weighted by Crippen LogP contribution is 2.21. The minimum atomic E-state index is -0.500. The van der Waals surface area contributed by atoms with Crippen LogP contribution >= 0.6 is 0 Å². The zero-order valence-corrected chi connectivity index (χ0v) is 10.9. The van der Waals surface area contributed by atoms with Crippen LogP contribution in [0.4, 0.5) is 10.1 Å². The molecule has 0 atom stereocenters. The molecular formula is C12H19FN4O. The molecule has 6 heteroatoms. The second-order valence-corrected chi connectivity index (χ2v) is 4.34. The summed E-state index contributed by atoms with van der Waals surface area (Å²) < 4.78 is 13.7. The van der Waals surface area contributed by atoms with Crippen LogP contribution in [0.1, 0.15) is 5.56 Å². The summed E-state index contributed by atoms with van der Waals surface area (Å²) in [5.74, 6) is -0.723. The molecule has 0 heterocycles. The van der Waals surface area contributed by atoms with Gasteiger partial charge in [0.1, 0.15) is 5.82 Å². The number of hydrogen-bond donors (Lipinski definition) is 2. The molecule has 0 unspecified atom stereocenters. The van der Waals surface area contributed by atoms with E-state index in [1.807, 2.05) is 30.9 Å². The normalized spacial score (nSPS) is 11.9. The molecule has 1 rings (SSSR count). The number of rotatable bonds is 5. The van der Waals surface area contributed by atoms with E-state index in [9.17, 15) is 4.39 Å². The average Bonchev–Trinajstić information content (AvgIpc) is 2.34. The number of hydrogen-bond acceptors (Lipinski definition) is 4. The molecule has 0 amide bonds. The Bertz CT molecular complexity index is 434. The lowest BCUT2D eigenvalue weighted by Gasteiger charge is -2.24. The fraction of sp³-hybridized carbons (Fsp3) is 0.417. The van der Waals surface area contributed by atoms with Gasteiger partial charge in [-0.2, -0.15) is 0 Å². The van der Waals surface area contributed by atoms with Crippen molar-refractivity contribution >= 4 is 11.5 Å². The molecule has 100 valence electrons. The van der Waals surface area contributed by atoms with E-state index in [1.165, 1.54) is 6.07 Å². The summed E-state index contributed by atoms with van der Waals surface area (Å²) >= 11 is 0. The standard InChI is InChI=1S/C12H19FN4O/c1-16(2)7-8-17(3)10-6-4-5-9(13)11(10)12(14)15-18/h4-6,18H,7-8H2,1-3H3,(H2,14,15). The number of anilines is 1. The lowest BCUT2D eigenvalue weighted by Crippen LogP contribution is -2.30. The van der Waals surface area contributed by atoms with Crippen molar-refractivity contribution in [3.63, 3.8) is 0 Å². The van der Waals surface area contributed by atoms with E-state index in [4.69, 9.17) is 10.9 Å². The van der Waals surface area contributed by atoms with Crippen molar-refractivity contribution in [2.45, 2.75) is 0 Å². The first-order chi connectivity index (χ1) is 8.47. The van der Waals surface area contributed by atoms with Crippen LogP contribution in [0, 0.1) is 5.82 Å². The van der Waals surface area contributed by atoms with Gasteiger partial charge >= 0.3 is 0 Å². The van der Waals surface area contributed by atoms with Gasteiger partial charge in [0.25, 0.3) is 0 Å². The smallest absolute Gasteiger partial charge is 0.175 e. The lowest BCUT2D eigenvalue weighted by molar-refractivity contribution is 0.318. The minimum absolute atomic E-state index is 0.126. The number of halogens is 1. The molecule has 0 aliphatic heterocycles. The largest absolute Gasteiger partial charge is 0.409 e. The van der Waals surface area contributed by atoms with E-state index in [-0.39, 0.29) is 11.4 Å². The molecule has 5 nitrogen and oxygen atoms in total. The van der Waals surface area contributed by atoms with Crippen LogP contribution in [0.25, 0.3) is 0 Å². The van der Waals surface area contributed by atoms with E-state index in [0.29, 0.717) is 12.2 Å². The maximum Gasteiger partial charge on any atom is 0.175 e. The molecule has 1 aromatic carbocycles. The van der Waals surface area contributed by atoms with Gasteiger partial charge < -0.3 is 20.7 Å². The Morgan fingerprint density at radius 1 is 1.33 bits per heavy atom. The zero-order chi connectivity index (χ0) is 13.7. The van der Waals surface area contributed by atoms with Gasteiger partial charge in [-0.25, -0.2) is 4.39 Å². The Kier molecular flexibility index (Phi) is 4.91. The Hall–Kier alpha value is -1.82. The second kappa shape index (κ2) is 6.20. The molecule has 0 aliphatic carbocycles. The van der Waals surface area contributed by atoms with Gasteiger partial charge in [0.2, 0.25) is 0 Å². The molecule has 0 bridgehead atoms. The Balaban J connectivity index is 3.04. The van der Waals surface area contributed by atoms with Gasteiger partial charge in [0, 0.05) is 20.1 Å². The van der Waals surface area contributed by atoms with Crippen molar-refractivity contribution in [3.05, 3.63) is 29.6 Å². The highest BCUT2D eigenvalue weighted by molar-refractivity contribution is 6.02. The third kappa shape index (κ3) is 3.33. The Labute approximate surface area is 106 Å². The van der Waals surface area contributed by atoms with Crippen LogP contribution in [0.5, 0.6) is 0 Å². The van der Waals surface area contributed by atoms with E-state index in [0.717, 1.165) is 6.54 Å². The van der Waals surface area contributed by atoms with Crippen molar-refractivity contribution in [2.24, 2.45) is 10.9 Å². The quantitative estimate of drug-likeness (QED) is 0.355. The van der Waals surface area contributed by atoms with Gasteiger partial charge in [-0.3, -0.25) is 0 Å². The molecular weight excluding hydrogens is 235 g/mol. The summed E-state index contributed by atoms with van der Waals surface area (Å²) in [4.78, 5) is 3.90. The summed E-state index contributed by atoms with van der Waals surface area (Å²) in [7, 11) is 5.76. The maximum absolute atomic E-state index is 13.7. The van der Waals surface area contributed by atoms with Crippen LogP contribution < -0.4 is 10.6 Å². The Morgan fingerprint density at radius 3 is 2.56 bits per heavy atom. The molecule has 18 heavy (non-hydrogen) atoms. The van der Waals surface area contributed by atoms with Crippen molar-refractivity contribution in [2.75, 3.05) is 39.1 Å². The summed E-state index contributed by atoms with van der Waals surface area (Å²) in [5, 5.41) is 11.6. The van der Waals surface area contributed by atoms with E-state index >= 15 is 0 Å². The van der Waals surface area contributed by atoms with Gasteiger partial charge in [0.15, 0.2) is 5.84 Å². The summed E-state index contributed by atoms with van der Waals surface area (Å²) in [5.41, 5.74) is 6.24. The van der Waals surface area contributed by atoms with Crippen molar-refractivity contribution in [3.8, 4) is 0 Å².